The third kappa shape index (κ3) is 6.28. The molecule has 4 unspecified atom stereocenters. The molecule has 0 bridgehead atoms. The van der Waals surface area contributed by atoms with Crippen LogP contribution in [0.25, 0.3) is 0 Å². The monoisotopic (exact) mass is 346 g/mol. The van der Waals surface area contributed by atoms with Crippen LogP contribution in [0.15, 0.2) is 0 Å². The molecule has 25 heavy (non-hydrogen) atoms. The summed E-state index contributed by atoms with van der Waals surface area (Å²) in [7, 11) is 0. The summed E-state index contributed by atoms with van der Waals surface area (Å²) in [5, 5.41) is 0. The SMILES string of the molecule is CCCCCC1CCC2CCCCCCCC(C3CCCC3)CC2C1. The summed E-state index contributed by atoms with van der Waals surface area (Å²) in [6.07, 6.45) is 29.3. The van der Waals surface area contributed by atoms with Gasteiger partial charge in [0.25, 0.3) is 0 Å². The molecule has 0 nitrogen and oxygen atoms in total. The number of hydrogen-bond acceptors (Lipinski definition) is 0. The van der Waals surface area contributed by atoms with Crippen molar-refractivity contribution in [2.24, 2.45) is 29.6 Å². The van der Waals surface area contributed by atoms with Crippen molar-refractivity contribution in [2.75, 3.05) is 0 Å². The van der Waals surface area contributed by atoms with Crippen LogP contribution in [0.2, 0.25) is 0 Å². The topological polar surface area (TPSA) is 0 Å². The smallest absolute Gasteiger partial charge is 0.0380 e. The Labute approximate surface area is 158 Å². The molecule has 0 amide bonds. The molecule has 3 fully saturated rings. The van der Waals surface area contributed by atoms with E-state index in [-0.39, 0.29) is 0 Å². The van der Waals surface area contributed by atoms with Gasteiger partial charge in [0.05, 0.1) is 0 Å². The minimum Gasteiger partial charge on any atom is -0.0654 e. The van der Waals surface area contributed by atoms with Crippen LogP contribution in [0.1, 0.15) is 129 Å². The van der Waals surface area contributed by atoms with Gasteiger partial charge in [-0.25, -0.2) is 0 Å². The average Bonchev–Trinajstić information content (AvgIpc) is 3.14. The van der Waals surface area contributed by atoms with Gasteiger partial charge < -0.3 is 0 Å². The summed E-state index contributed by atoms with van der Waals surface area (Å²) in [6, 6.07) is 0. The summed E-state index contributed by atoms with van der Waals surface area (Å²) in [6.45, 7) is 2.35. The lowest BCUT2D eigenvalue weighted by atomic mass is 9.66. The van der Waals surface area contributed by atoms with Crippen LogP contribution >= 0.6 is 0 Å². The van der Waals surface area contributed by atoms with Gasteiger partial charge in [0.15, 0.2) is 0 Å². The van der Waals surface area contributed by atoms with E-state index in [9.17, 15) is 0 Å². The van der Waals surface area contributed by atoms with Gasteiger partial charge in [0.2, 0.25) is 0 Å². The highest BCUT2D eigenvalue weighted by Crippen LogP contribution is 2.46. The zero-order valence-electron chi connectivity index (χ0n) is 17.3. The second-order valence-electron chi connectivity index (χ2n) is 10.1. The molecule has 0 heteroatoms. The molecule has 3 aliphatic rings. The van der Waals surface area contributed by atoms with Gasteiger partial charge in [0.1, 0.15) is 0 Å². The minimum atomic E-state index is 1.09. The van der Waals surface area contributed by atoms with E-state index < -0.39 is 0 Å². The van der Waals surface area contributed by atoms with Crippen LogP contribution in [-0.2, 0) is 0 Å². The van der Waals surface area contributed by atoms with Crippen LogP contribution in [-0.4, -0.2) is 0 Å². The standard InChI is InChI=1S/C25H46/c1-2-3-7-12-21-17-18-23-13-8-5-4-6-9-16-24(20-25(23)19-21)22-14-10-11-15-22/h21-25H,2-20H2,1H3. The molecule has 0 spiro atoms. The summed E-state index contributed by atoms with van der Waals surface area (Å²) < 4.78 is 0. The Balaban J connectivity index is 1.60. The fourth-order valence-corrected chi connectivity index (χ4v) is 6.74. The average molecular weight is 347 g/mol. The molecular weight excluding hydrogens is 300 g/mol. The third-order valence-corrected chi connectivity index (χ3v) is 8.29. The van der Waals surface area contributed by atoms with E-state index >= 15 is 0 Å². The van der Waals surface area contributed by atoms with Crippen molar-refractivity contribution < 1.29 is 0 Å². The first kappa shape index (κ1) is 19.8. The van der Waals surface area contributed by atoms with E-state index in [4.69, 9.17) is 0 Å². The van der Waals surface area contributed by atoms with Gasteiger partial charge in [-0.15, -0.1) is 0 Å². The Morgan fingerprint density at radius 1 is 0.520 bits per heavy atom. The van der Waals surface area contributed by atoms with E-state index in [0.29, 0.717) is 0 Å². The molecule has 0 radical (unpaired) electrons. The predicted molar refractivity (Wildman–Crippen MR) is 111 cm³/mol. The molecule has 0 aromatic carbocycles. The van der Waals surface area contributed by atoms with E-state index in [1.54, 1.807) is 64.2 Å². The van der Waals surface area contributed by atoms with Crippen molar-refractivity contribution in [3.63, 3.8) is 0 Å². The maximum Gasteiger partial charge on any atom is -0.0380 e. The molecular formula is C25H46. The Kier molecular flexibility index (Phi) is 8.68. The van der Waals surface area contributed by atoms with E-state index in [0.717, 1.165) is 29.6 Å². The van der Waals surface area contributed by atoms with Crippen molar-refractivity contribution in [3.8, 4) is 0 Å². The largest absolute Gasteiger partial charge is 0.0654 e. The van der Waals surface area contributed by atoms with Crippen LogP contribution < -0.4 is 0 Å². The quantitative estimate of drug-likeness (QED) is 0.437. The maximum absolute atomic E-state index is 2.35. The highest BCUT2D eigenvalue weighted by molar-refractivity contribution is 4.85. The van der Waals surface area contributed by atoms with E-state index in [1.807, 2.05) is 0 Å². The second kappa shape index (κ2) is 11.0. The molecule has 3 saturated carbocycles. The molecule has 0 N–H and O–H groups in total. The van der Waals surface area contributed by atoms with Crippen molar-refractivity contribution in [3.05, 3.63) is 0 Å². The van der Waals surface area contributed by atoms with Crippen molar-refractivity contribution in [1.82, 2.24) is 0 Å². The van der Waals surface area contributed by atoms with Gasteiger partial charge in [-0.1, -0.05) is 110 Å². The molecule has 4 atom stereocenters. The van der Waals surface area contributed by atoms with Crippen LogP contribution in [0.4, 0.5) is 0 Å². The molecule has 0 saturated heterocycles. The van der Waals surface area contributed by atoms with Gasteiger partial charge in [-0.2, -0.15) is 0 Å². The maximum atomic E-state index is 2.35. The highest BCUT2D eigenvalue weighted by atomic mass is 14.4. The van der Waals surface area contributed by atoms with Crippen molar-refractivity contribution in [2.45, 2.75) is 129 Å². The Bertz CT molecular complexity index is 340. The number of hydrogen-bond donors (Lipinski definition) is 0. The first-order valence-electron chi connectivity index (χ1n) is 12.4. The predicted octanol–water partition coefficient (Wildman–Crippen LogP) is 8.54. The van der Waals surface area contributed by atoms with E-state index in [1.165, 1.54) is 57.8 Å². The lowest BCUT2D eigenvalue weighted by molar-refractivity contribution is 0.117. The van der Waals surface area contributed by atoms with Crippen LogP contribution in [0.3, 0.4) is 0 Å². The summed E-state index contributed by atoms with van der Waals surface area (Å²) >= 11 is 0. The molecule has 0 heterocycles. The van der Waals surface area contributed by atoms with E-state index in [2.05, 4.69) is 6.92 Å². The number of unbranched alkanes of at least 4 members (excludes halogenated alkanes) is 2. The summed E-state index contributed by atoms with van der Waals surface area (Å²) in [5.41, 5.74) is 0. The first-order chi connectivity index (χ1) is 12.4. The lowest BCUT2D eigenvalue weighted by Gasteiger charge is -2.39. The third-order valence-electron chi connectivity index (χ3n) is 8.29. The summed E-state index contributed by atoms with van der Waals surface area (Å²) in [5.74, 6) is 5.50. The summed E-state index contributed by atoms with van der Waals surface area (Å²) in [4.78, 5) is 0. The van der Waals surface area contributed by atoms with Gasteiger partial charge in [-0.05, 0) is 48.9 Å². The molecule has 0 aromatic heterocycles. The van der Waals surface area contributed by atoms with Gasteiger partial charge >= 0.3 is 0 Å². The fraction of sp³-hybridized carbons (Fsp3) is 1.00. The molecule has 0 aromatic rings. The Morgan fingerprint density at radius 2 is 1.12 bits per heavy atom. The van der Waals surface area contributed by atoms with Crippen molar-refractivity contribution in [1.29, 1.82) is 0 Å². The van der Waals surface area contributed by atoms with Crippen LogP contribution in [0, 0.1) is 29.6 Å². The number of fused-ring (bicyclic) bond motifs is 1. The fourth-order valence-electron chi connectivity index (χ4n) is 6.74. The normalized spacial score (nSPS) is 35.9. The lowest BCUT2D eigenvalue weighted by Crippen LogP contribution is -2.28. The molecule has 146 valence electrons. The Hall–Kier alpha value is 0. The number of rotatable bonds is 5. The Morgan fingerprint density at radius 3 is 1.84 bits per heavy atom. The van der Waals surface area contributed by atoms with Crippen LogP contribution in [0.5, 0.6) is 0 Å². The van der Waals surface area contributed by atoms with Crippen molar-refractivity contribution >= 4 is 0 Å². The molecule has 3 rings (SSSR count). The second-order valence-corrected chi connectivity index (χ2v) is 10.1. The molecule has 3 aliphatic carbocycles. The van der Waals surface area contributed by atoms with Gasteiger partial charge in [0, 0.05) is 0 Å². The zero-order valence-corrected chi connectivity index (χ0v) is 17.3. The first-order valence-corrected chi connectivity index (χ1v) is 12.4. The van der Waals surface area contributed by atoms with Gasteiger partial charge in [-0.3, -0.25) is 0 Å². The highest BCUT2D eigenvalue weighted by Gasteiger charge is 2.34. The minimum absolute atomic E-state index is 1.09. The molecule has 0 aliphatic heterocycles. The zero-order chi connectivity index (χ0) is 17.3.